The summed E-state index contributed by atoms with van der Waals surface area (Å²) in [5.74, 6) is -1.73. The maximum Gasteiger partial charge on any atom is 0.431 e. The maximum absolute atomic E-state index is 12.8. The SMILES string of the molecule is N#C[C@H](C[C@@H]1CCCNC1=O)NC(=O)C(CC1CC1)NC(=O)c1ccc(C(F)(F)F)[nH]1. The summed E-state index contributed by atoms with van der Waals surface area (Å²) in [5, 5.41) is 17.2. The van der Waals surface area contributed by atoms with Gasteiger partial charge in [0.15, 0.2) is 0 Å². The van der Waals surface area contributed by atoms with Crippen molar-refractivity contribution in [3.63, 3.8) is 0 Å². The summed E-state index contributed by atoms with van der Waals surface area (Å²) in [5.41, 5.74) is -1.37. The third-order valence-corrected chi connectivity index (χ3v) is 5.52. The molecular formula is C20H24F3N5O3. The molecule has 1 saturated carbocycles. The molecule has 0 bridgehead atoms. The van der Waals surface area contributed by atoms with Crippen LogP contribution in [0.4, 0.5) is 13.2 Å². The van der Waals surface area contributed by atoms with Gasteiger partial charge in [-0.2, -0.15) is 18.4 Å². The van der Waals surface area contributed by atoms with E-state index in [0.717, 1.165) is 31.4 Å². The van der Waals surface area contributed by atoms with E-state index in [1.807, 2.05) is 11.1 Å². The Hall–Kier alpha value is -3.03. The Morgan fingerprint density at radius 3 is 2.52 bits per heavy atom. The molecule has 11 heteroatoms. The summed E-state index contributed by atoms with van der Waals surface area (Å²) < 4.78 is 38.3. The van der Waals surface area contributed by atoms with Crippen LogP contribution in [0.5, 0.6) is 0 Å². The summed E-state index contributed by atoms with van der Waals surface area (Å²) in [7, 11) is 0. The van der Waals surface area contributed by atoms with Crippen LogP contribution in [0.25, 0.3) is 0 Å². The van der Waals surface area contributed by atoms with Crippen LogP contribution in [-0.2, 0) is 15.8 Å². The van der Waals surface area contributed by atoms with Crippen LogP contribution < -0.4 is 16.0 Å². The number of halogens is 3. The molecule has 1 saturated heterocycles. The summed E-state index contributed by atoms with van der Waals surface area (Å²) in [4.78, 5) is 39.1. The molecule has 1 aliphatic heterocycles. The lowest BCUT2D eigenvalue weighted by molar-refractivity contribution is -0.140. The number of alkyl halides is 3. The first-order chi connectivity index (χ1) is 14.7. The Morgan fingerprint density at radius 2 is 1.94 bits per heavy atom. The second-order valence-corrected chi connectivity index (χ2v) is 8.04. The largest absolute Gasteiger partial charge is 0.431 e. The minimum atomic E-state index is -4.62. The van der Waals surface area contributed by atoms with E-state index in [0.29, 0.717) is 19.4 Å². The van der Waals surface area contributed by atoms with Gasteiger partial charge in [-0.15, -0.1) is 0 Å². The van der Waals surface area contributed by atoms with Crippen molar-refractivity contribution in [2.24, 2.45) is 11.8 Å². The average molecular weight is 439 g/mol. The van der Waals surface area contributed by atoms with E-state index in [2.05, 4.69) is 16.0 Å². The van der Waals surface area contributed by atoms with E-state index in [1.54, 1.807) is 0 Å². The molecule has 3 rings (SSSR count). The van der Waals surface area contributed by atoms with Gasteiger partial charge in [-0.05, 0) is 43.7 Å². The number of hydrogen-bond acceptors (Lipinski definition) is 4. The van der Waals surface area contributed by atoms with E-state index < -0.39 is 35.8 Å². The van der Waals surface area contributed by atoms with E-state index in [1.165, 1.54) is 0 Å². The van der Waals surface area contributed by atoms with Crippen molar-refractivity contribution in [1.29, 1.82) is 5.26 Å². The van der Waals surface area contributed by atoms with Gasteiger partial charge in [0, 0.05) is 12.5 Å². The number of aromatic nitrogens is 1. The van der Waals surface area contributed by atoms with Crippen molar-refractivity contribution in [3.05, 3.63) is 23.5 Å². The molecule has 31 heavy (non-hydrogen) atoms. The Kier molecular flexibility index (Phi) is 6.87. The summed E-state index contributed by atoms with van der Waals surface area (Å²) >= 11 is 0. The first-order valence-electron chi connectivity index (χ1n) is 10.2. The van der Waals surface area contributed by atoms with Crippen LogP contribution in [-0.4, -0.2) is 41.3 Å². The highest BCUT2D eigenvalue weighted by molar-refractivity contribution is 5.96. The zero-order chi connectivity index (χ0) is 22.6. The lowest BCUT2D eigenvalue weighted by Crippen LogP contribution is -2.50. The zero-order valence-electron chi connectivity index (χ0n) is 16.7. The predicted molar refractivity (Wildman–Crippen MR) is 102 cm³/mol. The fraction of sp³-hybridized carbons (Fsp3) is 0.600. The van der Waals surface area contributed by atoms with Gasteiger partial charge in [-0.25, -0.2) is 0 Å². The third-order valence-electron chi connectivity index (χ3n) is 5.52. The Bertz CT molecular complexity index is 872. The van der Waals surface area contributed by atoms with Gasteiger partial charge in [0.05, 0.1) is 6.07 Å². The zero-order valence-corrected chi connectivity index (χ0v) is 16.7. The second kappa shape index (κ2) is 9.41. The molecule has 168 valence electrons. The number of piperidine rings is 1. The smallest absolute Gasteiger partial charge is 0.356 e. The molecule has 1 aromatic heterocycles. The number of rotatable bonds is 8. The maximum atomic E-state index is 12.8. The highest BCUT2D eigenvalue weighted by Gasteiger charge is 2.35. The number of hydrogen-bond donors (Lipinski definition) is 4. The van der Waals surface area contributed by atoms with Crippen molar-refractivity contribution < 1.29 is 27.6 Å². The number of nitriles is 1. The second-order valence-electron chi connectivity index (χ2n) is 8.04. The predicted octanol–water partition coefficient (Wildman–Crippen LogP) is 1.86. The number of carbonyl (C=O) groups excluding carboxylic acids is 3. The van der Waals surface area contributed by atoms with Crippen LogP contribution >= 0.6 is 0 Å². The van der Waals surface area contributed by atoms with Crippen LogP contribution in [0.2, 0.25) is 0 Å². The van der Waals surface area contributed by atoms with Gasteiger partial charge in [-0.1, -0.05) is 12.8 Å². The van der Waals surface area contributed by atoms with Crippen LogP contribution in [0.15, 0.2) is 12.1 Å². The molecule has 1 unspecified atom stereocenters. The average Bonchev–Trinajstić information content (AvgIpc) is 3.37. The number of carbonyl (C=O) groups is 3. The standard InChI is InChI=1S/C20H24F3N5O3/c21-20(22,23)16-6-5-14(27-16)18(30)28-15(8-11-3-4-11)19(31)26-13(10-24)9-12-2-1-7-25-17(12)29/h5-6,11-13,15,27H,1-4,7-9H2,(H,25,29)(H,26,31)(H,28,30)/t12-,13-,15?/m0/s1. The van der Waals surface area contributed by atoms with Gasteiger partial charge in [0.25, 0.3) is 5.91 Å². The van der Waals surface area contributed by atoms with Crippen molar-refractivity contribution in [2.75, 3.05) is 6.54 Å². The fourth-order valence-electron chi connectivity index (χ4n) is 3.61. The van der Waals surface area contributed by atoms with Gasteiger partial charge in [-0.3, -0.25) is 14.4 Å². The van der Waals surface area contributed by atoms with Crippen molar-refractivity contribution in [2.45, 2.75) is 56.8 Å². The van der Waals surface area contributed by atoms with Crippen LogP contribution in [0.1, 0.15) is 54.7 Å². The highest BCUT2D eigenvalue weighted by Crippen LogP contribution is 2.34. The summed E-state index contributed by atoms with van der Waals surface area (Å²) in [6.45, 7) is 0.587. The monoisotopic (exact) mass is 439 g/mol. The van der Waals surface area contributed by atoms with Crippen molar-refractivity contribution in [3.8, 4) is 6.07 Å². The molecule has 1 aliphatic carbocycles. The number of nitrogens with one attached hydrogen (secondary N) is 4. The first-order valence-corrected chi connectivity index (χ1v) is 10.2. The van der Waals surface area contributed by atoms with Crippen molar-refractivity contribution >= 4 is 17.7 Å². The van der Waals surface area contributed by atoms with Gasteiger partial charge in [0.2, 0.25) is 11.8 Å². The molecule has 0 radical (unpaired) electrons. The molecular weight excluding hydrogens is 415 g/mol. The fourth-order valence-corrected chi connectivity index (χ4v) is 3.61. The highest BCUT2D eigenvalue weighted by atomic mass is 19.4. The normalized spacial score (nSPS) is 20.8. The summed E-state index contributed by atoms with van der Waals surface area (Å²) in [6.07, 6.45) is -0.936. The molecule has 0 aromatic carbocycles. The molecule has 3 amide bonds. The Labute approximate surface area is 176 Å². The molecule has 8 nitrogen and oxygen atoms in total. The Balaban J connectivity index is 1.63. The third kappa shape index (κ3) is 6.23. The van der Waals surface area contributed by atoms with E-state index >= 15 is 0 Å². The van der Waals surface area contributed by atoms with E-state index in [4.69, 9.17) is 0 Å². The van der Waals surface area contributed by atoms with E-state index in [9.17, 15) is 32.8 Å². The summed E-state index contributed by atoms with van der Waals surface area (Å²) in [6, 6.07) is 1.83. The Morgan fingerprint density at radius 1 is 1.19 bits per heavy atom. The van der Waals surface area contributed by atoms with Crippen molar-refractivity contribution in [1.82, 2.24) is 20.9 Å². The number of aromatic amines is 1. The lowest BCUT2D eigenvalue weighted by atomic mass is 9.92. The number of nitrogens with zero attached hydrogens (tertiary/aromatic N) is 1. The number of H-pyrrole nitrogens is 1. The lowest BCUT2D eigenvalue weighted by Gasteiger charge is -2.25. The molecule has 1 aromatic rings. The quantitative estimate of drug-likeness (QED) is 0.493. The number of amides is 3. The minimum Gasteiger partial charge on any atom is -0.356 e. The topological polar surface area (TPSA) is 127 Å². The molecule has 4 N–H and O–H groups in total. The minimum absolute atomic E-state index is 0.156. The van der Waals surface area contributed by atoms with Gasteiger partial charge in [0.1, 0.15) is 23.5 Å². The molecule has 2 fully saturated rings. The first kappa shape index (κ1) is 22.7. The van der Waals surface area contributed by atoms with Crippen LogP contribution in [0, 0.1) is 23.2 Å². The van der Waals surface area contributed by atoms with Gasteiger partial charge < -0.3 is 20.9 Å². The van der Waals surface area contributed by atoms with Gasteiger partial charge >= 0.3 is 6.18 Å². The molecule has 2 aliphatic rings. The molecule has 2 heterocycles. The molecule has 3 atom stereocenters. The van der Waals surface area contributed by atoms with E-state index in [-0.39, 0.29) is 29.9 Å². The van der Waals surface area contributed by atoms with Crippen LogP contribution in [0.3, 0.4) is 0 Å². The molecule has 0 spiro atoms.